The minimum absolute atomic E-state index is 0.0914. The summed E-state index contributed by atoms with van der Waals surface area (Å²) in [7, 11) is 0. The van der Waals surface area contributed by atoms with Gasteiger partial charge in [0.05, 0.1) is 11.4 Å². The van der Waals surface area contributed by atoms with Gasteiger partial charge < -0.3 is 0 Å². The lowest BCUT2D eigenvalue weighted by atomic mass is 10.0. The van der Waals surface area contributed by atoms with E-state index < -0.39 is 0 Å². The molecule has 4 aromatic heterocycles. The van der Waals surface area contributed by atoms with Gasteiger partial charge in [0.1, 0.15) is 0 Å². The lowest BCUT2D eigenvalue weighted by Crippen LogP contribution is -2.57. The van der Waals surface area contributed by atoms with Gasteiger partial charge in [-0.1, -0.05) is 13.8 Å². The normalized spacial score (nSPS) is 20.4. The summed E-state index contributed by atoms with van der Waals surface area (Å²) in [5, 5.41) is 5.77. The van der Waals surface area contributed by atoms with Gasteiger partial charge in [-0.25, -0.2) is 19.0 Å². The number of hydrogen-bond acceptors (Lipinski definition) is 6. The fraction of sp³-hybridized carbons (Fsp3) is 0.455. The first kappa shape index (κ1) is 20.7. The highest BCUT2D eigenvalue weighted by Gasteiger charge is 2.32. The van der Waals surface area contributed by atoms with Gasteiger partial charge in [0, 0.05) is 74.9 Å². The average Bonchev–Trinajstić information content (AvgIpc) is 3.44. The van der Waals surface area contributed by atoms with Crippen LogP contribution in [0.4, 0.5) is 0 Å². The van der Waals surface area contributed by atoms with Gasteiger partial charge in [-0.3, -0.25) is 29.6 Å². The van der Waals surface area contributed by atoms with Crippen LogP contribution in [-0.2, 0) is 13.1 Å². The first-order chi connectivity index (χ1) is 15.6. The van der Waals surface area contributed by atoms with Gasteiger partial charge in [-0.2, -0.15) is 0 Å². The molecule has 1 aliphatic rings. The van der Waals surface area contributed by atoms with Crippen molar-refractivity contribution in [2.75, 3.05) is 13.1 Å². The second-order valence-corrected chi connectivity index (χ2v) is 8.47. The number of H-pyrrole nitrogens is 2. The van der Waals surface area contributed by atoms with Crippen LogP contribution in [0, 0.1) is 0 Å². The molecule has 0 amide bonds. The Bertz CT molecular complexity index is 1250. The molecule has 4 aromatic rings. The second kappa shape index (κ2) is 8.36. The maximum atomic E-state index is 12.4. The van der Waals surface area contributed by atoms with E-state index in [9.17, 15) is 9.59 Å². The second-order valence-electron chi connectivity index (χ2n) is 8.47. The van der Waals surface area contributed by atoms with Crippen LogP contribution in [0.1, 0.15) is 38.1 Å². The van der Waals surface area contributed by atoms with E-state index in [2.05, 4.69) is 43.8 Å². The molecule has 2 atom stereocenters. The zero-order valence-electron chi connectivity index (χ0n) is 18.4. The summed E-state index contributed by atoms with van der Waals surface area (Å²) >= 11 is 0. The van der Waals surface area contributed by atoms with Gasteiger partial charge in [0.2, 0.25) is 0 Å². The van der Waals surface area contributed by atoms with E-state index in [1.54, 1.807) is 24.5 Å². The van der Waals surface area contributed by atoms with Crippen molar-refractivity contribution in [2.24, 2.45) is 0 Å². The maximum Gasteiger partial charge on any atom is 0.272 e. The summed E-state index contributed by atoms with van der Waals surface area (Å²) in [5.74, 6) is 0. The quantitative estimate of drug-likeness (QED) is 0.471. The number of aromatic amines is 2. The molecule has 0 spiro atoms. The Labute approximate surface area is 184 Å². The van der Waals surface area contributed by atoms with Gasteiger partial charge in [-0.05, 0) is 12.8 Å². The standard InChI is InChI=1S/C22H28N8O2/c1-3-17-13-28(12-16-10-22(32)30-20(26-16)6-8-24-30)18(4-2)14-27(17)11-15-9-21(31)29-19(25-15)5-7-23-29/h5-10,17-18,23-24H,3-4,11-14H2,1-2H3. The smallest absolute Gasteiger partial charge is 0.272 e. The molecule has 32 heavy (non-hydrogen) atoms. The molecule has 1 fully saturated rings. The molecular formula is C22H28N8O2. The van der Waals surface area contributed by atoms with Crippen molar-refractivity contribution in [3.05, 3.63) is 68.8 Å². The Kier molecular flexibility index (Phi) is 5.40. The van der Waals surface area contributed by atoms with E-state index in [1.807, 2.05) is 12.1 Å². The Morgan fingerprint density at radius 1 is 0.812 bits per heavy atom. The molecule has 0 saturated carbocycles. The van der Waals surface area contributed by atoms with Gasteiger partial charge >= 0.3 is 0 Å². The molecule has 0 bridgehead atoms. The number of nitrogens with zero attached hydrogens (tertiary/aromatic N) is 6. The summed E-state index contributed by atoms with van der Waals surface area (Å²) in [4.78, 5) is 38.9. The first-order valence-electron chi connectivity index (χ1n) is 11.2. The third kappa shape index (κ3) is 3.76. The van der Waals surface area contributed by atoms with Crippen molar-refractivity contribution in [1.82, 2.24) is 39.0 Å². The van der Waals surface area contributed by atoms with Crippen LogP contribution >= 0.6 is 0 Å². The van der Waals surface area contributed by atoms with E-state index in [1.165, 1.54) is 9.03 Å². The van der Waals surface area contributed by atoms with Crippen LogP contribution in [0.3, 0.4) is 0 Å². The Hall–Kier alpha value is -3.24. The highest BCUT2D eigenvalue weighted by molar-refractivity contribution is 5.37. The Morgan fingerprint density at radius 3 is 1.66 bits per heavy atom. The van der Waals surface area contributed by atoms with Gasteiger partial charge in [-0.15, -0.1) is 0 Å². The Morgan fingerprint density at radius 2 is 1.25 bits per heavy atom. The van der Waals surface area contributed by atoms with Crippen LogP contribution in [0.5, 0.6) is 0 Å². The molecule has 10 nitrogen and oxygen atoms in total. The minimum Gasteiger partial charge on any atom is -0.297 e. The van der Waals surface area contributed by atoms with Crippen LogP contribution < -0.4 is 11.1 Å². The Balaban J connectivity index is 1.36. The SMILES string of the molecule is CCC1CN(Cc2cc(=O)n3[nH]ccc3n2)C(CC)CN1Cc1cc(=O)n2[nH]ccc2n1. The third-order valence-electron chi connectivity index (χ3n) is 6.46. The molecule has 0 radical (unpaired) electrons. The van der Waals surface area contributed by atoms with Crippen molar-refractivity contribution in [2.45, 2.75) is 51.9 Å². The molecule has 1 saturated heterocycles. The molecule has 5 rings (SSSR count). The predicted octanol–water partition coefficient (Wildman–Crippen LogP) is 1.23. The van der Waals surface area contributed by atoms with Crippen molar-refractivity contribution in [3.63, 3.8) is 0 Å². The largest absolute Gasteiger partial charge is 0.297 e. The molecule has 0 aliphatic carbocycles. The van der Waals surface area contributed by atoms with E-state index in [4.69, 9.17) is 0 Å². The lowest BCUT2D eigenvalue weighted by Gasteiger charge is -2.46. The predicted molar refractivity (Wildman–Crippen MR) is 121 cm³/mol. The summed E-state index contributed by atoms with van der Waals surface area (Å²) in [6, 6.07) is 7.53. The monoisotopic (exact) mass is 436 g/mol. The summed E-state index contributed by atoms with van der Waals surface area (Å²) < 4.78 is 2.90. The molecule has 2 N–H and O–H groups in total. The van der Waals surface area contributed by atoms with E-state index in [0.717, 1.165) is 37.3 Å². The lowest BCUT2D eigenvalue weighted by molar-refractivity contribution is 0.0137. The van der Waals surface area contributed by atoms with E-state index in [0.29, 0.717) is 36.5 Å². The molecule has 5 heterocycles. The first-order valence-corrected chi connectivity index (χ1v) is 11.2. The maximum absolute atomic E-state index is 12.4. The summed E-state index contributed by atoms with van der Waals surface area (Å²) in [6.45, 7) is 7.44. The molecular weight excluding hydrogens is 408 g/mol. The van der Waals surface area contributed by atoms with Crippen molar-refractivity contribution in [1.29, 1.82) is 0 Å². The number of nitrogens with one attached hydrogen (secondary N) is 2. The summed E-state index contributed by atoms with van der Waals surface area (Å²) in [6.07, 6.45) is 5.42. The summed E-state index contributed by atoms with van der Waals surface area (Å²) in [5.41, 5.74) is 2.69. The van der Waals surface area contributed by atoms with E-state index in [-0.39, 0.29) is 11.1 Å². The van der Waals surface area contributed by atoms with Crippen LogP contribution in [0.15, 0.2) is 46.2 Å². The molecule has 1 aliphatic heterocycles. The van der Waals surface area contributed by atoms with Crippen LogP contribution in [-0.4, -0.2) is 64.2 Å². The molecule has 0 aromatic carbocycles. The highest BCUT2D eigenvalue weighted by Crippen LogP contribution is 2.23. The zero-order valence-corrected chi connectivity index (χ0v) is 18.4. The number of aromatic nitrogens is 6. The fourth-order valence-corrected chi connectivity index (χ4v) is 4.77. The molecule has 2 unspecified atom stereocenters. The molecule has 10 heteroatoms. The number of rotatable bonds is 6. The minimum atomic E-state index is -0.0914. The highest BCUT2D eigenvalue weighted by atomic mass is 16.1. The van der Waals surface area contributed by atoms with Crippen LogP contribution in [0.25, 0.3) is 11.3 Å². The fourth-order valence-electron chi connectivity index (χ4n) is 4.77. The number of piperazine rings is 1. The number of hydrogen-bond donors (Lipinski definition) is 2. The van der Waals surface area contributed by atoms with Crippen molar-refractivity contribution >= 4 is 11.3 Å². The zero-order chi connectivity index (χ0) is 22.2. The van der Waals surface area contributed by atoms with Crippen molar-refractivity contribution in [3.8, 4) is 0 Å². The third-order valence-corrected chi connectivity index (χ3v) is 6.46. The van der Waals surface area contributed by atoms with E-state index >= 15 is 0 Å². The van der Waals surface area contributed by atoms with Crippen LogP contribution in [0.2, 0.25) is 0 Å². The topological polar surface area (TPSA) is 107 Å². The number of fused-ring (bicyclic) bond motifs is 2. The average molecular weight is 437 g/mol. The van der Waals surface area contributed by atoms with Gasteiger partial charge in [0.15, 0.2) is 11.3 Å². The molecule has 168 valence electrons. The van der Waals surface area contributed by atoms with Crippen molar-refractivity contribution < 1.29 is 0 Å². The van der Waals surface area contributed by atoms with Gasteiger partial charge in [0.25, 0.3) is 11.1 Å².